The Balaban J connectivity index is 0.00000312. The van der Waals surface area contributed by atoms with Gasteiger partial charge in [0.25, 0.3) is 5.91 Å². The molecule has 0 aliphatic rings. The van der Waals surface area contributed by atoms with Gasteiger partial charge < -0.3 is 16.4 Å². The van der Waals surface area contributed by atoms with Crippen molar-refractivity contribution >= 4 is 24.2 Å². The lowest BCUT2D eigenvalue weighted by molar-refractivity contribution is -0.122. The molecular formula is C19H24ClN3O2. The smallest absolute Gasteiger partial charge is 0.251 e. The molecular weight excluding hydrogens is 338 g/mol. The highest BCUT2D eigenvalue weighted by Crippen LogP contribution is 2.03. The topological polar surface area (TPSA) is 84.2 Å². The number of benzene rings is 2. The second kappa shape index (κ2) is 10.5. The van der Waals surface area contributed by atoms with Crippen LogP contribution in [0.25, 0.3) is 0 Å². The molecule has 0 saturated carbocycles. The molecule has 5 nitrogen and oxygen atoms in total. The van der Waals surface area contributed by atoms with Gasteiger partial charge in [0.15, 0.2) is 0 Å². The van der Waals surface area contributed by atoms with E-state index in [1.807, 2.05) is 49.4 Å². The van der Waals surface area contributed by atoms with Gasteiger partial charge >= 0.3 is 0 Å². The molecule has 0 radical (unpaired) electrons. The van der Waals surface area contributed by atoms with Crippen molar-refractivity contribution in [1.29, 1.82) is 0 Å². The first-order valence-electron chi connectivity index (χ1n) is 7.98. The molecule has 6 heteroatoms. The SMILES string of the molecule is Cc1ccc(C(=O)NCCNC(=O)[C@@H](N)Cc2ccccc2)cc1.Cl. The molecule has 0 aliphatic heterocycles. The molecule has 0 bridgehead atoms. The van der Waals surface area contributed by atoms with E-state index in [1.54, 1.807) is 12.1 Å². The maximum atomic E-state index is 12.0. The summed E-state index contributed by atoms with van der Waals surface area (Å²) in [6.07, 6.45) is 0.488. The zero-order chi connectivity index (χ0) is 17.4. The average Bonchev–Trinajstić information content (AvgIpc) is 2.59. The van der Waals surface area contributed by atoms with Gasteiger partial charge in [-0.3, -0.25) is 9.59 Å². The van der Waals surface area contributed by atoms with Gasteiger partial charge in [-0.1, -0.05) is 48.0 Å². The normalized spacial score (nSPS) is 11.1. The molecule has 4 N–H and O–H groups in total. The van der Waals surface area contributed by atoms with Crippen LogP contribution in [0.3, 0.4) is 0 Å². The molecule has 25 heavy (non-hydrogen) atoms. The van der Waals surface area contributed by atoms with Gasteiger partial charge in [0.05, 0.1) is 6.04 Å². The molecule has 2 aromatic carbocycles. The van der Waals surface area contributed by atoms with E-state index in [2.05, 4.69) is 10.6 Å². The van der Waals surface area contributed by atoms with Crippen LogP contribution in [0.15, 0.2) is 54.6 Å². The van der Waals surface area contributed by atoms with Crippen molar-refractivity contribution in [3.63, 3.8) is 0 Å². The molecule has 0 heterocycles. The molecule has 1 atom stereocenters. The monoisotopic (exact) mass is 361 g/mol. The summed E-state index contributed by atoms with van der Waals surface area (Å²) in [6, 6.07) is 16.4. The van der Waals surface area contributed by atoms with Crippen LogP contribution >= 0.6 is 12.4 Å². The fourth-order valence-corrected chi connectivity index (χ4v) is 2.26. The Kier molecular flexibility index (Phi) is 8.67. The zero-order valence-electron chi connectivity index (χ0n) is 14.2. The lowest BCUT2D eigenvalue weighted by Gasteiger charge is -2.12. The van der Waals surface area contributed by atoms with E-state index in [9.17, 15) is 9.59 Å². The van der Waals surface area contributed by atoms with Crippen LogP contribution in [-0.4, -0.2) is 30.9 Å². The number of nitrogens with one attached hydrogen (secondary N) is 2. The lowest BCUT2D eigenvalue weighted by Crippen LogP contribution is -2.44. The Morgan fingerprint density at radius 1 is 0.960 bits per heavy atom. The summed E-state index contributed by atoms with van der Waals surface area (Å²) in [7, 11) is 0. The highest BCUT2D eigenvalue weighted by atomic mass is 35.5. The Labute approximate surface area is 154 Å². The van der Waals surface area contributed by atoms with Crippen LogP contribution in [0.5, 0.6) is 0 Å². The van der Waals surface area contributed by atoms with E-state index in [0.29, 0.717) is 25.1 Å². The van der Waals surface area contributed by atoms with E-state index in [1.165, 1.54) is 0 Å². The number of rotatable bonds is 7. The highest BCUT2D eigenvalue weighted by molar-refractivity contribution is 5.94. The van der Waals surface area contributed by atoms with Gasteiger partial charge in [-0.15, -0.1) is 12.4 Å². The molecule has 0 fully saturated rings. The third-order valence-corrected chi connectivity index (χ3v) is 3.66. The van der Waals surface area contributed by atoms with Crippen molar-refractivity contribution in [2.75, 3.05) is 13.1 Å². The molecule has 0 spiro atoms. The van der Waals surface area contributed by atoms with Gasteiger partial charge in [-0.25, -0.2) is 0 Å². The van der Waals surface area contributed by atoms with Gasteiger partial charge in [0, 0.05) is 18.7 Å². The maximum Gasteiger partial charge on any atom is 0.251 e. The summed E-state index contributed by atoms with van der Waals surface area (Å²) >= 11 is 0. The van der Waals surface area contributed by atoms with E-state index in [4.69, 9.17) is 5.73 Å². The van der Waals surface area contributed by atoms with E-state index < -0.39 is 6.04 Å². The zero-order valence-corrected chi connectivity index (χ0v) is 15.0. The second-order valence-corrected chi connectivity index (χ2v) is 5.71. The quantitative estimate of drug-likeness (QED) is 0.658. The number of carbonyl (C=O) groups is 2. The number of halogens is 1. The molecule has 0 aromatic heterocycles. The first kappa shape index (κ1) is 20.7. The highest BCUT2D eigenvalue weighted by Gasteiger charge is 2.13. The van der Waals surface area contributed by atoms with Crippen LogP contribution in [0, 0.1) is 6.92 Å². The van der Waals surface area contributed by atoms with Crippen molar-refractivity contribution < 1.29 is 9.59 Å². The number of nitrogens with two attached hydrogens (primary N) is 1. The summed E-state index contributed by atoms with van der Waals surface area (Å²) in [5, 5.41) is 5.51. The Morgan fingerprint density at radius 2 is 1.56 bits per heavy atom. The molecule has 2 aromatic rings. The molecule has 0 unspecified atom stereocenters. The van der Waals surface area contributed by atoms with E-state index in [-0.39, 0.29) is 24.2 Å². The van der Waals surface area contributed by atoms with Gasteiger partial charge in [-0.05, 0) is 31.0 Å². The van der Waals surface area contributed by atoms with Gasteiger partial charge in [-0.2, -0.15) is 0 Å². The number of hydrogen-bond acceptors (Lipinski definition) is 3. The summed E-state index contributed by atoms with van der Waals surface area (Å²) in [6.45, 7) is 2.67. The van der Waals surface area contributed by atoms with Gasteiger partial charge in [0.1, 0.15) is 0 Å². The molecule has 0 saturated heterocycles. The van der Waals surface area contributed by atoms with Crippen molar-refractivity contribution in [3.8, 4) is 0 Å². The predicted molar refractivity (Wildman–Crippen MR) is 102 cm³/mol. The fourth-order valence-electron chi connectivity index (χ4n) is 2.26. The third kappa shape index (κ3) is 6.95. The van der Waals surface area contributed by atoms with E-state index >= 15 is 0 Å². The first-order valence-corrected chi connectivity index (χ1v) is 7.98. The summed E-state index contributed by atoms with van der Waals surface area (Å²) in [5.41, 5.74) is 8.63. The number of amides is 2. The first-order chi connectivity index (χ1) is 11.6. The summed E-state index contributed by atoms with van der Waals surface area (Å²) in [4.78, 5) is 23.9. The minimum Gasteiger partial charge on any atom is -0.353 e. The van der Waals surface area contributed by atoms with Crippen molar-refractivity contribution in [1.82, 2.24) is 10.6 Å². The largest absolute Gasteiger partial charge is 0.353 e. The van der Waals surface area contributed by atoms with Crippen LogP contribution in [-0.2, 0) is 11.2 Å². The second-order valence-electron chi connectivity index (χ2n) is 5.71. The molecule has 2 rings (SSSR count). The van der Waals surface area contributed by atoms with Gasteiger partial charge in [0.2, 0.25) is 5.91 Å². The number of aryl methyl sites for hydroxylation is 1. The fraction of sp³-hybridized carbons (Fsp3) is 0.263. The molecule has 134 valence electrons. The van der Waals surface area contributed by atoms with Crippen LogP contribution in [0.2, 0.25) is 0 Å². The van der Waals surface area contributed by atoms with Crippen LogP contribution in [0.4, 0.5) is 0 Å². The van der Waals surface area contributed by atoms with E-state index in [0.717, 1.165) is 11.1 Å². The Morgan fingerprint density at radius 3 is 2.20 bits per heavy atom. The third-order valence-electron chi connectivity index (χ3n) is 3.66. The predicted octanol–water partition coefficient (Wildman–Crippen LogP) is 1.83. The lowest BCUT2D eigenvalue weighted by atomic mass is 10.1. The summed E-state index contributed by atoms with van der Waals surface area (Å²) < 4.78 is 0. The molecule has 0 aliphatic carbocycles. The van der Waals surface area contributed by atoms with Crippen LogP contribution in [0.1, 0.15) is 21.5 Å². The van der Waals surface area contributed by atoms with Crippen molar-refractivity contribution in [3.05, 3.63) is 71.3 Å². The molecule has 2 amide bonds. The Hall–Kier alpha value is -2.37. The van der Waals surface area contributed by atoms with Crippen molar-refractivity contribution in [2.45, 2.75) is 19.4 Å². The minimum atomic E-state index is -0.597. The summed E-state index contributed by atoms with van der Waals surface area (Å²) in [5.74, 6) is -0.374. The average molecular weight is 362 g/mol. The number of hydrogen-bond donors (Lipinski definition) is 3. The standard InChI is InChI=1S/C19H23N3O2.ClH/c1-14-7-9-16(10-8-14)18(23)21-11-12-22-19(24)17(20)13-15-5-3-2-4-6-15;/h2-10,17H,11-13,20H2,1H3,(H,21,23)(H,22,24);1H/t17-;/m0./s1. The van der Waals surface area contributed by atoms with Crippen molar-refractivity contribution in [2.24, 2.45) is 5.73 Å². The minimum absolute atomic E-state index is 0. The Bertz CT molecular complexity index is 675. The maximum absolute atomic E-state index is 12.0. The van der Waals surface area contributed by atoms with Crippen LogP contribution < -0.4 is 16.4 Å². The number of carbonyl (C=O) groups excluding carboxylic acids is 2.